The quantitative estimate of drug-likeness (QED) is 0.415. The highest BCUT2D eigenvalue weighted by molar-refractivity contribution is 5.94. The summed E-state index contributed by atoms with van der Waals surface area (Å²) in [5, 5.41) is 28.4. The zero-order chi connectivity index (χ0) is 25.5. The molecule has 2 aromatic carbocycles. The van der Waals surface area contributed by atoms with Crippen LogP contribution in [-0.4, -0.2) is 57.2 Å². The molecule has 0 bridgehead atoms. The molecular weight excluding hydrogens is 473 g/mol. The Morgan fingerprint density at radius 1 is 1.14 bits per heavy atom. The van der Waals surface area contributed by atoms with E-state index < -0.39 is 47.7 Å². The number of nitrogens with one attached hydrogen (secondary N) is 1. The highest BCUT2D eigenvalue weighted by Gasteiger charge is 2.37. The normalized spacial score (nSPS) is 17.9. The topological polar surface area (TPSA) is 140 Å². The molecule has 1 fully saturated rings. The number of H-pyrrole nitrogens is 1. The minimum Gasteiger partial charge on any atom is -0.479 e. The Morgan fingerprint density at radius 3 is 2.54 bits per heavy atom. The fourth-order valence-corrected chi connectivity index (χ4v) is 3.94. The fraction of sp³-hybridized carbons (Fsp3) is 0.261. The van der Waals surface area contributed by atoms with E-state index >= 15 is 0 Å². The Kier molecular flexibility index (Phi) is 6.26. The number of hydrogen-bond acceptors (Lipinski definition) is 6. The number of aromatic nitrogens is 1. The van der Waals surface area contributed by atoms with Crippen molar-refractivity contribution in [3.8, 4) is 11.3 Å². The molecule has 35 heavy (non-hydrogen) atoms. The average molecular weight is 492 g/mol. The van der Waals surface area contributed by atoms with Crippen molar-refractivity contribution >= 4 is 28.5 Å². The highest BCUT2D eigenvalue weighted by Crippen LogP contribution is 2.37. The molecule has 3 unspecified atom stereocenters. The number of anilines is 1. The SMILES string of the molecule is O=C(O)C(O)C(O)CC1CN(c2ccc3cc(-c4ccccc4C(F)(F)F)[nH]c(=O)c3c2)C(=O)O1. The highest BCUT2D eigenvalue weighted by atomic mass is 19.4. The molecular formula is C23H19F3N2O7. The third-order valence-electron chi connectivity index (χ3n) is 5.66. The third-order valence-corrected chi connectivity index (χ3v) is 5.66. The van der Waals surface area contributed by atoms with Crippen LogP contribution < -0.4 is 10.5 Å². The van der Waals surface area contributed by atoms with Crippen LogP contribution in [-0.2, 0) is 15.7 Å². The number of pyridine rings is 1. The van der Waals surface area contributed by atoms with Gasteiger partial charge in [-0.15, -0.1) is 0 Å². The number of rotatable bonds is 6. The van der Waals surface area contributed by atoms with Crippen LogP contribution in [0, 0.1) is 0 Å². The number of aromatic amines is 1. The summed E-state index contributed by atoms with van der Waals surface area (Å²) < 4.78 is 45.3. The molecule has 1 amide bonds. The first-order valence-corrected chi connectivity index (χ1v) is 10.4. The lowest BCUT2D eigenvalue weighted by atomic mass is 10.0. The Morgan fingerprint density at radius 2 is 1.86 bits per heavy atom. The number of fused-ring (bicyclic) bond motifs is 1. The van der Waals surface area contributed by atoms with Crippen LogP contribution in [0.2, 0.25) is 0 Å². The van der Waals surface area contributed by atoms with Crippen molar-refractivity contribution < 1.29 is 42.8 Å². The second-order valence-electron chi connectivity index (χ2n) is 8.03. The maximum atomic E-state index is 13.4. The van der Waals surface area contributed by atoms with E-state index in [-0.39, 0.29) is 35.3 Å². The number of hydrogen-bond donors (Lipinski definition) is 4. The molecule has 12 heteroatoms. The number of carboxylic acids is 1. The minimum atomic E-state index is -4.62. The van der Waals surface area contributed by atoms with Crippen LogP contribution in [0.3, 0.4) is 0 Å². The van der Waals surface area contributed by atoms with Crippen molar-refractivity contribution in [1.29, 1.82) is 0 Å². The van der Waals surface area contributed by atoms with E-state index in [4.69, 9.17) is 9.84 Å². The standard InChI is InChI=1S/C23H19F3N2O7/c24-23(25,26)16-4-2-1-3-14(16)17-7-11-5-6-12(8-15(11)20(31)27-17)28-10-13(35-22(28)34)9-18(29)19(30)21(32)33/h1-8,13,18-19,29-30H,9-10H2,(H,27,31)(H,32,33). The Balaban J connectivity index is 1.62. The van der Waals surface area contributed by atoms with Gasteiger partial charge in [-0.05, 0) is 29.7 Å². The number of nitrogens with zero attached hydrogens (tertiary/aromatic N) is 1. The summed E-state index contributed by atoms with van der Waals surface area (Å²) in [5.74, 6) is -1.62. The molecule has 1 aliphatic heterocycles. The number of alkyl halides is 3. The van der Waals surface area contributed by atoms with E-state index in [1.807, 2.05) is 0 Å². The van der Waals surface area contributed by atoms with Gasteiger partial charge < -0.3 is 25.0 Å². The van der Waals surface area contributed by atoms with Crippen LogP contribution in [0.25, 0.3) is 22.0 Å². The zero-order valence-corrected chi connectivity index (χ0v) is 17.8. The van der Waals surface area contributed by atoms with Crippen molar-refractivity contribution in [2.24, 2.45) is 0 Å². The van der Waals surface area contributed by atoms with E-state index in [2.05, 4.69) is 4.98 Å². The number of amides is 1. The lowest BCUT2D eigenvalue weighted by Crippen LogP contribution is -2.37. The molecule has 0 spiro atoms. The summed E-state index contributed by atoms with van der Waals surface area (Å²) in [5.41, 5.74) is -1.51. The summed E-state index contributed by atoms with van der Waals surface area (Å²) in [7, 11) is 0. The van der Waals surface area contributed by atoms with Crippen LogP contribution in [0.4, 0.5) is 23.7 Å². The van der Waals surface area contributed by atoms with Crippen molar-refractivity contribution in [3.63, 3.8) is 0 Å². The number of ether oxygens (including phenoxy) is 1. The van der Waals surface area contributed by atoms with E-state index in [1.165, 1.54) is 42.5 Å². The zero-order valence-electron chi connectivity index (χ0n) is 17.8. The fourth-order valence-electron chi connectivity index (χ4n) is 3.94. The number of carbonyl (C=O) groups excluding carboxylic acids is 1. The van der Waals surface area contributed by atoms with Crippen LogP contribution in [0.1, 0.15) is 12.0 Å². The summed E-state index contributed by atoms with van der Waals surface area (Å²) in [6, 6.07) is 10.6. The summed E-state index contributed by atoms with van der Waals surface area (Å²) in [4.78, 5) is 39.5. The molecule has 1 aliphatic rings. The summed E-state index contributed by atoms with van der Waals surface area (Å²) in [6.07, 6.45) is -10.4. The van der Waals surface area contributed by atoms with Crippen molar-refractivity contribution in [1.82, 2.24) is 4.98 Å². The number of benzene rings is 2. The van der Waals surface area contributed by atoms with Gasteiger partial charge in [-0.3, -0.25) is 9.69 Å². The first-order chi connectivity index (χ1) is 16.5. The van der Waals surface area contributed by atoms with E-state index in [0.717, 1.165) is 11.0 Å². The van der Waals surface area contributed by atoms with Gasteiger partial charge in [-0.25, -0.2) is 9.59 Å². The largest absolute Gasteiger partial charge is 0.479 e. The van der Waals surface area contributed by atoms with Crippen molar-refractivity contribution in [3.05, 3.63) is 64.4 Å². The molecule has 9 nitrogen and oxygen atoms in total. The van der Waals surface area contributed by atoms with Gasteiger partial charge in [0.05, 0.1) is 18.2 Å². The predicted molar refractivity (Wildman–Crippen MR) is 117 cm³/mol. The van der Waals surface area contributed by atoms with E-state index in [9.17, 15) is 37.8 Å². The van der Waals surface area contributed by atoms with Crippen molar-refractivity contribution in [2.75, 3.05) is 11.4 Å². The first-order valence-electron chi connectivity index (χ1n) is 10.4. The molecule has 4 N–H and O–H groups in total. The maximum Gasteiger partial charge on any atom is 0.417 e. The Labute approximate surface area is 195 Å². The number of aliphatic hydroxyl groups excluding tert-OH is 2. The number of carboxylic acid groups (broad SMARTS) is 1. The van der Waals surface area contributed by atoms with Gasteiger partial charge in [-0.1, -0.05) is 24.3 Å². The summed E-state index contributed by atoms with van der Waals surface area (Å²) >= 11 is 0. The van der Waals surface area contributed by atoms with Crippen LogP contribution in [0.15, 0.2) is 53.3 Å². The monoisotopic (exact) mass is 492 g/mol. The number of aliphatic hydroxyl groups is 2. The minimum absolute atomic E-state index is 0.0187. The van der Waals surface area contributed by atoms with Crippen LogP contribution >= 0.6 is 0 Å². The molecule has 1 aromatic heterocycles. The van der Waals surface area contributed by atoms with Gasteiger partial charge in [-0.2, -0.15) is 13.2 Å². The second-order valence-corrected chi connectivity index (χ2v) is 8.03. The van der Waals surface area contributed by atoms with Gasteiger partial charge in [0, 0.05) is 28.8 Å². The number of aliphatic carboxylic acids is 1. The molecule has 3 atom stereocenters. The Hall–Kier alpha value is -3.90. The maximum absolute atomic E-state index is 13.4. The van der Waals surface area contributed by atoms with Crippen molar-refractivity contribution in [2.45, 2.75) is 30.9 Å². The molecule has 1 saturated heterocycles. The lowest BCUT2D eigenvalue weighted by molar-refractivity contribution is -0.153. The molecule has 0 aliphatic carbocycles. The van der Waals surface area contributed by atoms with E-state index in [1.54, 1.807) is 0 Å². The number of carbonyl (C=O) groups is 2. The number of halogens is 3. The molecule has 0 radical (unpaired) electrons. The lowest BCUT2D eigenvalue weighted by Gasteiger charge is -2.17. The summed E-state index contributed by atoms with van der Waals surface area (Å²) in [6.45, 7) is -0.0807. The second kappa shape index (κ2) is 9.04. The first kappa shape index (κ1) is 24.2. The average Bonchev–Trinajstić information content (AvgIpc) is 3.17. The number of cyclic esters (lactones) is 1. The molecule has 2 heterocycles. The van der Waals surface area contributed by atoms with E-state index in [0.29, 0.717) is 5.39 Å². The predicted octanol–water partition coefficient (Wildman–Crippen LogP) is 2.74. The van der Waals surface area contributed by atoms with Crippen LogP contribution in [0.5, 0.6) is 0 Å². The molecule has 4 rings (SSSR count). The van der Waals surface area contributed by atoms with Gasteiger partial charge in [0.2, 0.25) is 0 Å². The third kappa shape index (κ3) is 4.84. The smallest absolute Gasteiger partial charge is 0.417 e. The molecule has 3 aromatic rings. The van der Waals surface area contributed by atoms with Gasteiger partial charge >= 0.3 is 18.2 Å². The van der Waals surface area contributed by atoms with Gasteiger partial charge in [0.25, 0.3) is 5.56 Å². The molecule has 184 valence electrons. The Bertz CT molecular complexity index is 1350. The van der Waals surface area contributed by atoms with Gasteiger partial charge in [0.1, 0.15) is 6.10 Å². The molecule has 0 saturated carbocycles. The van der Waals surface area contributed by atoms with Gasteiger partial charge in [0.15, 0.2) is 6.10 Å².